The molecular formula is C19H29NO. The molecule has 1 N–H and O–H groups in total. The van der Waals surface area contributed by atoms with Gasteiger partial charge >= 0.3 is 0 Å². The van der Waals surface area contributed by atoms with E-state index in [1.54, 1.807) is 0 Å². The zero-order valence-corrected chi connectivity index (χ0v) is 13.8. The summed E-state index contributed by atoms with van der Waals surface area (Å²) in [7, 11) is 2.09. The molecule has 2 heteroatoms. The Morgan fingerprint density at radius 2 is 1.90 bits per heavy atom. The highest BCUT2D eigenvalue weighted by Gasteiger charge is 2.41. The maximum Gasteiger partial charge on any atom is 0.0600 e. The maximum atomic E-state index is 6.06. The van der Waals surface area contributed by atoms with E-state index in [-0.39, 0.29) is 0 Å². The first-order valence-electron chi connectivity index (χ1n) is 8.54. The van der Waals surface area contributed by atoms with Crippen molar-refractivity contribution in [3.8, 4) is 0 Å². The summed E-state index contributed by atoms with van der Waals surface area (Å²) in [6, 6.07) is 9.65. The fraction of sp³-hybridized carbons (Fsp3) is 0.684. The van der Waals surface area contributed by atoms with Crippen LogP contribution in [0.15, 0.2) is 24.3 Å². The topological polar surface area (TPSA) is 21.3 Å². The van der Waals surface area contributed by atoms with Gasteiger partial charge in [0.1, 0.15) is 0 Å². The second-order valence-electron chi connectivity index (χ2n) is 7.05. The van der Waals surface area contributed by atoms with Gasteiger partial charge in [0, 0.05) is 12.0 Å². The van der Waals surface area contributed by atoms with Crippen LogP contribution in [0.5, 0.6) is 0 Å². The van der Waals surface area contributed by atoms with Crippen molar-refractivity contribution in [2.45, 2.75) is 64.2 Å². The van der Waals surface area contributed by atoms with Crippen LogP contribution in [0, 0.1) is 11.8 Å². The van der Waals surface area contributed by atoms with Crippen molar-refractivity contribution in [2.75, 3.05) is 7.05 Å². The summed E-state index contributed by atoms with van der Waals surface area (Å²) < 4.78 is 6.06. The summed E-state index contributed by atoms with van der Waals surface area (Å²) in [6.07, 6.45) is 4.80. The van der Waals surface area contributed by atoms with E-state index in [1.807, 2.05) is 0 Å². The van der Waals surface area contributed by atoms with Crippen LogP contribution in [-0.2, 0) is 4.74 Å². The summed E-state index contributed by atoms with van der Waals surface area (Å²) in [5, 5.41) is 3.56. The molecular weight excluding hydrogens is 258 g/mol. The number of hydrogen-bond acceptors (Lipinski definition) is 2. The monoisotopic (exact) mass is 287 g/mol. The predicted octanol–water partition coefficient (Wildman–Crippen LogP) is 4.27. The van der Waals surface area contributed by atoms with Gasteiger partial charge < -0.3 is 10.1 Å². The van der Waals surface area contributed by atoms with Crippen LogP contribution in [0.1, 0.15) is 63.1 Å². The minimum atomic E-state index is 0.319. The minimum absolute atomic E-state index is 0.319. The number of benzene rings is 1. The van der Waals surface area contributed by atoms with Crippen molar-refractivity contribution in [1.29, 1.82) is 0 Å². The SMILES string of the molecule is CNC(c1cccc(C2CCC2)c1)C1C(C)OC(C)C1C. The fourth-order valence-corrected chi connectivity index (χ4v) is 4.20. The summed E-state index contributed by atoms with van der Waals surface area (Å²) in [5.41, 5.74) is 2.97. The molecule has 116 valence electrons. The van der Waals surface area contributed by atoms with E-state index < -0.39 is 0 Å². The van der Waals surface area contributed by atoms with Gasteiger partial charge in [0.15, 0.2) is 0 Å². The van der Waals surface area contributed by atoms with Gasteiger partial charge in [-0.2, -0.15) is 0 Å². The van der Waals surface area contributed by atoms with E-state index in [0.29, 0.717) is 30.1 Å². The minimum Gasteiger partial charge on any atom is -0.375 e. The quantitative estimate of drug-likeness (QED) is 0.892. The van der Waals surface area contributed by atoms with Crippen LogP contribution >= 0.6 is 0 Å². The van der Waals surface area contributed by atoms with E-state index in [4.69, 9.17) is 4.74 Å². The first kappa shape index (κ1) is 15.1. The van der Waals surface area contributed by atoms with Crippen LogP contribution in [0.2, 0.25) is 0 Å². The zero-order valence-electron chi connectivity index (χ0n) is 13.8. The number of rotatable bonds is 4. The second kappa shape index (κ2) is 6.10. The molecule has 1 aliphatic heterocycles. The zero-order chi connectivity index (χ0) is 15.0. The van der Waals surface area contributed by atoms with Gasteiger partial charge in [-0.05, 0) is 56.7 Å². The Bertz CT molecular complexity index is 482. The van der Waals surface area contributed by atoms with Crippen LogP contribution in [0.4, 0.5) is 0 Å². The molecule has 21 heavy (non-hydrogen) atoms. The van der Waals surface area contributed by atoms with Gasteiger partial charge in [-0.1, -0.05) is 37.6 Å². The molecule has 2 aliphatic rings. The van der Waals surface area contributed by atoms with Crippen molar-refractivity contribution in [3.05, 3.63) is 35.4 Å². The number of hydrogen-bond donors (Lipinski definition) is 1. The van der Waals surface area contributed by atoms with Crippen LogP contribution in [0.25, 0.3) is 0 Å². The Morgan fingerprint density at radius 3 is 2.43 bits per heavy atom. The van der Waals surface area contributed by atoms with Crippen LogP contribution in [-0.4, -0.2) is 19.3 Å². The van der Waals surface area contributed by atoms with Crippen molar-refractivity contribution in [3.63, 3.8) is 0 Å². The smallest absolute Gasteiger partial charge is 0.0600 e. The molecule has 1 aromatic carbocycles. The fourth-order valence-electron chi connectivity index (χ4n) is 4.20. The maximum absolute atomic E-state index is 6.06. The van der Waals surface area contributed by atoms with E-state index in [9.17, 15) is 0 Å². The van der Waals surface area contributed by atoms with E-state index in [2.05, 4.69) is 57.4 Å². The predicted molar refractivity (Wildman–Crippen MR) is 87.5 cm³/mol. The van der Waals surface area contributed by atoms with Gasteiger partial charge in [0.05, 0.1) is 12.2 Å². The lowest BCUT2D eigenvalue weighted by molar-refractivity contribution is 0.0478. The molecule has 1 heterocycles. The Morgan fingerprint density at radius 1 is 1.14 bits per heavy atom. The summed E-state index contributed by atoms with van der Waals surface area (Å²) in [5.74, 6) is 1.93. The lowest BCUT2D eigenvalue weighted by Crippen LogP contribution is -2.33. The highest BCUT2D eigenvalue weighted by Crippen LogP contribution is 2.42. The van der Waals surface area contributed by atoms with Gasteiger partial charge in [0.25, 0.3) is 0 Å². The third kappa shape index (κ3) is 2.76. The molecule has 5 unspecified atom stereocenters. The molecule has 0 spiro atoms. The second-order valence-corrected chi connectivity index (χ2v) is 7.05. The van der Waals surface area contributed by atoms with E-state index >= 15 is 0 Å². The standard InChI is InChI=1S/C19H29NO/c1-12-13(2)21-14(3)18(12)19(20-4)17-10-6-9-16(11-17)15-7-5-8-15/h6,9-15,18-20H,5,7-8H2,1-4H3. The van der Waals surface area contributed by atoms with E-state index in [0.717, 1.165) is 5.92 Å². The molecule has 5 atom stereocenters. The van der Waals surface area contributed by atoms with Crippen LogP contribution in [0.3, 0.4) is 0 Å². The third-order valence-corrected chi connectivity index (χ3v) is 5.86. The average Bonchev–Trinajstić information content (AvgIpc) is 2.65. The molecule has 0 amide bonds. The molecule has 0 bridgehead atoms. The highest BCUT2D eigenvalue weighted by atomic mass is 16.5. The van der Waals surface area contributed by atoms with Crippen LogP contribution < -0.4 is 5.32 Å². The van der Waals surface area contributed by atoms with Gasteiger partial charge in [-0.3, -0.25) is 0 Å². The van der Waals surface area contributed by atoms with Gasteiger partial charge in [-0.25, -0.2) is 0 Å². The molecule has 1 aliphatic carbocycles. The van der Waals surface area contributed by atoms with E-state index in [1.165, 1.54) is 30.4 Å². The molecule has 2 nitrogen and oxygen atoms in total. The van der Waals surface area contributed by atoms with Crippen molar-refractivity contribution in [2.24, 2.45) is 11.8 Å². The molecule has 3 rings (SSSR count). The number of ether oxygens (including phenoxy) is 1. The molecule has 1 saturated heterocycles. The summed E-state index contributed by atoms with van der Waals surface area (Å²) in [6.45, 7) is 6.77. The number of nitrogens with one attached hydrogen (secondary N) is 1. The first-order chi connectivity index (χ1) is 10.1. The van der Waals surface area contributed by atoms with Gasteiger partial charge in [-0.15, -0.1) is 0 Å². The normalized spacial score (nSPS) is 34.7. The summed E-state index contributed by atoms with van der Waals surface area (Å²) >= 11 is 0. The Hall–Kier alpha value is -0.860. The van der Waals surface area contributed by atoms with Gasteiger partial charge in [0.2, 0.25) is 0 Å². The summed E-state index contributed by atoms with van der Waals surface area (Å²) in [4.78, 5) is 0. The first-order valence-corrected chi connectivity index (χ1v) is 8.54. The Kier molecular flexibility index (Phi) is 4.37. The van der Waals surface area contributed by atoms with Crippen molar-refractivity contribution >= 4 is 0 Å². The Balaban J connectivity index is 1.85. The molecule has 0 radical (unpaired) electrons. The molecule has 1 saturated carbocycles. The third-order valence-electron chi connectivity index (χ3n) is 5.86. The average molecular weight is 287 g/mol. The largest absolute Gasteiger partial charge is 0.375 e. The molecule has 1 aromatic rings. The van der Waals surface area contributed by atoms with Crippen molar-refractivity contribution < 1.29 is 4.74 Å². The highest BCUT2D eigenvalue weighted by molar-refractivity contribution is 5.30. The Labute approximate surface area is 129 Å². The lowest BCUT2D eigenvalue weighted by atomic mass is 9.77. The van der Waals surface area contributed by atoms with Crippen molar-refractivity contribution in [1.82, 2.24) is 5.32 Å². The lowest BCUT2D eigenvalue weighted by Gasteiger charge is -2.31. The molecule has 2 fully saturated rings. The molecule has 0 aromatic heterocycles.